The molecular formula is C18H21N3O. The molecule has 0 spiro atoms. The molecule has 1 saturated heterocycles. The molecule has 1 fully saturated rings. The third-order valence-electron chi connectivity index (χ3n) is 4.96. The number of piperidine rings is 1. The molecule has 2 heterocycles. The van der Waals surface area contributed by atoms with E-state index in [0.29, 0.717) is 5.92 Å². The van der Waals surface area contributed by atoms with Crippen LogP contribution in [0.25, 0.3) is 0 Å². The van der Waals surface area contributed by atoms with Gasteiger partial charge in [0.2, 0.25) is 0 Å². The van der Waals surface area contributed by atoms with Crippen molar-refractivity contribution in [1.29, 1.82) is 0 Å². The Morgan fingerprint density at radius 3 is 3.00 bits per heavy atom. The average molecular weight is 295 g/mol. The monoisotopic (exact) mass is 295 g/mol. The van der Waals surface area contributed by atoms with Crippen molar-refractivity contribution in [2.75, 3.05) is 13.1 Å². The van der Waals surface area contributed by atoms with Crippen LogP contribution in [0.4, 0.5) is 0 Å². The van der Waals surface area contributed by atoms with Gasteiger partial charge in [-0.15, -0.1) is 0 Å². The minimum absolute atomic E-state index is 0.172. The Kier molecular flexibility index (Phi) is 3.45. The van der Waals surface area contributed by atoms with E-state index < -0.39 is 0 Å². The van der Waals surface area contributed by atoms with Gasteiger partial charge >= 0.3 is 0 Å². The molecule has 0 radical (unpaired) electrons. The molecule has 1 N–H and O–H groups in total. The molecule has 4 rings (SSSR count). The first-order valence-electron chi connectivity index (χ1n) is 8.21. The Balaban J connectivity index is 1.52. The highest BCUT2D eigenvalue weighted by atomic mass is 16.2. The number of H-pyrrole nitrogens is 1. The SMILES string of the molecule is O=C(c1ccc2c(c1)CCC2)N1CCC[C@@H](c2ncc[nH]2)C1. The lowest BCUT2D eigenvalue weighted by Crippen LogP contribution is -2.39. The van der Waals surface area contributed by atoms with E-state index in [2.05, 4.69) is 22.1 Å². The summed E-state index contributed by atoms with van der Waals surface area (Å²) in [5, 5.41) is 0. The second kappa shape index (κ2) is 5.59. The molecule has 1 atom stereocenters. The Hall–Kier alpha value is -2.10. The molecule has 2 aromatic rings. The molecule has 22 heavy (non-hydrogen) atoms. The third kappa shape index (κ3) is 2.43. The Morgan fingerprint density at radius 2 is 2.14 bits per heavy atom. The summed E-state index contributed by atoms with van der Waals surface area (Å²) in [6.45, 7) is 1.62. The van der Waals surface area contributed by atoms with Crippen molar-refractivity contribution < 1.29 is 4.79 Å². The minimum Gasteiger partial charge on any atom is -0.348 e. The standard InChI is InChI=1S/C18H21N3O/c22-18(15-7-6-13-3-1-4-14(13)11-15)21-10-2-5-16(12-21)17-19-8-9-20-17/h6-9,11,16H,1-5,10,12H2,(H,19,20)/t16-/m1/s1. The number of amides is 1. The van der Waals surface area contributed by atoms with E-state index in [-0.39, 0.29) is 5.91 Å². The normalized spacial score (nSPS) is 20.9. The maximum atomic E-state index is 12.8. The van der Waals surface area contributed by atoms with Crippen molar-refractivity contribution in [2.24, 2.45) is 0 Å². The number of hydrogen-bond acceptors (Lipinski definition) is 2. The van der Waals surface area contributed by atoms with Gasteiger partial charge < -0.3 is 9.88 Å². The number of carbonyl (C=O) groups is 1. The number of imidazole rings is 1. The van der Waals surface area contributed by atoms with Crippen LogP contribution in [0.3, 0.4) is 0 Å². The fourth-order valence-electron chi connectivity index (χ4n) is 3.77. The van der Waals surface area contributed by atoms with E-state index in [1.807, 2.05) is 17.2 Å². The number of carbonyl (C=O) groups excluding carboxylic acids is 1. The van der Waals surface area contributed by atoms with E-state index >= 15 is 0 Å². The zero-order valence-corrected chi connectivity index (χ0v) is 12.7. The lowest BCUT2D eigenvalue weighted by molar-refractivity contribution is 0.0704. The molecule has 1 amide bonds. The highest BCUT2D eigenvalue weighted by Gasteiger charge is 2.27. The Morgan fingerprint density at radius 1 is 1.23 bits per heavy atom. The predicted octanol–water partition coefficient (Wildman–Crippen LogP) is 2.92. The van der Waals surface area contributed by atoms with Gasteiger partial charge in [0.25, 0.3) is 5.91 Å². The fourth-order valence-corrected chi connectivity index (χ4v) is 3.77. The van der Waals surface area contributed by atoms with Gasteiger partial charge in [-0.1, -0.05) is 6.07 Å². The largest absolute Gasteiger partial charge is 0.348 e. The van der Waals surface area contributed by atoms with Gasteiger partial charge in [-0.05, 0) is 55.4 Å². The maximum absolute atomic E-state index is 12.8. The van der Waals surface area contributed by atoms with Crippen molar-refractivity contribution >= 4 is 5.91 Å². The van der Waals surface area contributed by atoms with Gasteiger partial charge in [-0.25, -0.2) is 4.98 Å². The third-order valence-corrected chi connectivity index (χ3v) is 4.96. The molecule has 1 aromatic carbocycles. The van der Waals surface area contributed by atoms with Crippen molar-refractivity contribution in [3.63, 3.8) is 0 Å². The van der Waals surface area contributed by atoms with Crippen LogP contribution in [0.2, 0.25) is 0 Å². The highest BCUT2D eigenvalue weighted by Crippen LogP contribution is 2.27. The first-order chi connectivity index (χ1) is 10.8. The predicted molar refractivity (Wildman–Crippen MR) is 84.9 cm³/mol. The summed E-state index contributed by atoms with van der Waals surface area (Å²) >= 11 is 0. The Bertz CT molecular complexity index is 678. The number of rotatable bonds is 2. The van der Waals surface area contributed by atoms with Crippen LogP contribution >= 0.6 is 0 Å². The summed E-state index contributed by atoms with van der Waals surface area (Å²) in [6.07, 6.45) is 9.29. The highest BCUT2D eigenvalue weighted by molar-refractivity contribution is 5.94. The summed E-state index contributed by atoms with van der Waals surface area (Å²) in [6, 6.07) is 6.26. The maximum Gasteiger partial charge on any atom is 0.253 e. The molecule has 0 saturated carbocycles. The average Bonchev–Trinajstić information content (AvgIpc) is 3.25. The van der Waals surface area contributed by atoms with Crippen LogP contribution in [0.1, 0.15) is 52.5 Å². The van der Waals surface area contributed by atoms with Crippen LogP contribution in [0.15, 0.2) is 30.6 Å². The lowest BCUT2D eigenvalue weighted by atomic mass is 9.96. The molecule has 1 aromatic heterocycles. The number of hydrogen-bond donors (Lipinski definition) is 1. The molecule has 2 aliphatic rings. The summed E-state index contributed by atoms with van der Waals surface area (Å²) < 4.78 is 0. The summed E-state index contributed by atoms with van der Waals surface area (Å²) in [5.41, 5.74) is 3.63. The van der Waals surface area contributed by atoms with Gasteiger partial charge in [0.15, 0.2) is 0 Å². The number of nitrogens with one attached hydrogen (secondary N) is 1. The van der Waals surface area contributed by atoms with E-state index in [4.69, 9.17) is 0 Å². The second-order valence-corrected chi connectivity index (χ2v) is 6.40. The molecule has 4 nitrogen and oxygen atoms in total. The number of aromatic nitrogens is 2. The van der Waals surface area contributed by atoms with Gasteiger partial charge in [0, 0.05) is 37.0 Å². The zero-order valence-electron chi connectivity index (χ0n) is 12.7. The van der Waals surface area contributed by atoms with Crippen molar-refractivity contribution in [3.05, 3.63) is 53.1 Å². The van der Waals surface area contributed by atoms with E-state index in [0.717, 1.165) is 50.2 Å². The molecular weight excluding hydrogens is 274 g/mol. The number of likely N-dealkylation sites (tertiary alicyclic amines) is 1. The van der Waals surface area contributed by atoms with Crippen LogP contribution in [0.5, 0.6) is 0 Å². The lowest BCUT2D eigenvalue weighted by Gasteiger charge is -2.32. The smallest absolute Gasteiger partial charge is 0.253 e. The van der Waals surface area contributed by atoms with Gasteiger partial charge in [-0.3, -0.25) is 4.79 Å². The number of aryl methyl sites for hydroxylation is 2. The van der Waals surface area contributed by atoms with E-state index in [9.17, 15) is 4.79 Å². The number of fused-ring (bicyclic) bond motifs is 1. The van der Waals surface area contributed by atoms with Gasteiger partial charge in [0.05, 0.1) is 0 Å². The Labute approximate surface area is 130 Å². The minimum atomic E-state index is 0.172. The quantitative estimate of drug-likeness (QED) is 0.926. The molecule has 0 unspecified atom stereocenters. The van der Waals surface area contributed by atoms with Crippen LogP contribution in [0, 0.1) is 0 Å². The van der Waals surface area contributed by atoms with Crippen LogP contribution in [-0.2, 0) is 12.8 Å². The molecule has 114 valence electrons. The molecule has 1 aliphatic heterocycles. The second-order valence-electron chi connectivity index (χ2n) is 6.40. The zero-order chi connectivity index (χ0) is 14.9. The molecule has 1 aliphatic carbocycles. The molecule has 0 bridgehead atoms. The summed E-state index contributed by atoms with van der Waals surface area (Å²) in [5.74, 6) is 1.51. The number of nitrogens with zero attached hydrogens (tertiary/aromatic N) is 2. The fraction of sp³-hybridized carbons (Fsp3) is 0.444. The van der Waals surface area contributed by atoms with E-state index in [1.165, 1.54) is 17.5 Å². The number of benzene rings is 1. The van der Waals surface area contributed by atoms with Crippen LogP contribution < -0.4 is 0 Å². The van der Waals surface area contributed by atoms with Gasteiger partial charge in [-0.2, -0.15) is 0 Å². The topological polar surface area (TPSA) is 49.0 Å². The summed E-state index contributed by atoms with van der Waals surface area (Å²) in [4.78, 5) is 22.4. The first-order valence-corrected chi connectivity index (χ1v) is 8.21. The van der Waals surface area contributed by atoms with Gasteiger partial charge in [0.1, 0.15) is 5.82 Å². The van der Waals surface area contributed by atoms with E-state index in [1.54, 1.807) is 6.20 Å². The first kappa shape index (κ1) is 13.6. The van der Waals surface area contributed by atoms with Crippen molar-refractivity contribution in [2.45, 2.75) is 38.0 Å². The number of aromatic amines is 1. The van der Waals surface area contributed by atoms with Crippen molar-refractivity contribution in [1.82, 2.24) is 14.9 Å². The van der Waals surface area contributed by atoms with Crippen molar-refractivity contribution in [3.8, 4) is 0 Å². The summed E-state index contributed by atoms with van der Waals surface area (Å²) in [7, 11) is 0. The van der Waals surface area contributed by atoms with Crippen LogP contribution in [-0.4, -0.2) is 33.9 Å². The molecule has 4 heteroatoms.